The number of halogens is 3. The van der Waals surface area contributed by atoms with Crippen LogP contribution in [0.4, 0.5) is 10.1 Å². The molecular formula is C26H24Cl2FN3O3. The minimum Gasteiger partial charge on any atom is -0.340 e. The van der Waals surface area contributed by atoms with Crippen LogP contribution >= 0.6 is 23.2 Å². The number of nitrogens with zero attached hydrogens (tertiary/aromatic N) is 1. The molecule has 6 nitrogen and oxygen atoms in total. The third kappa shape index (κ3) is 4.61. The van der Waals surface area contributed by atoms with Crippen LogP contribution in [0.3, 0.4) is 0 Å². The molecule has 1 fully saturated rings. The summed E-state index contributed by atoms with van der Waals surface area (Å²) in [6.45, 7) is 2.63. The van der Waals surface area contributed by atoms with Crippen LogP contribution in [0.1, 0.15) is 42.6 Å². The number of terminal acetylenes is 1. The molecule has 0 radical (unpaired) electrons. The summed E-state index contributed by atoms with van der Waals surface area (Å²) in [6, 6.07) is 9.84. The van der Waals surface area contributed by atoms with Gasteiger partial charge in [0.2, 0.25) is 11.8 Å². The van der Waals surface area contributed by atoms with Gasteiger partial charge < -0.3 is 15.5 Å². The number of carbonyl (C=O) groups excluding carboxylic acids is 3. The number of benzene rings is 2. The van der Waals surface area contributed by atoms with E-state index in [9.17, 15) is 18.8 Å². The van der Waals surface area contributed by atoms with E-state index < -0.39 is 35.0 Å². The van der Waals surface area contributed by atoms with E-state index in [1.54, 1.807) is 12.1 Å². The second kappa shape index (κ2) is 9.18. The number of amides is 3. The first kappa shape index (κ1) is 25.0. The van der Waals surface area contributed by atoms with Gasteiger partial charge in [0.05, 0.1) is 27.1 Å². The lowest BCUT2D eigenvalue weighted by molar-refractivity contribution is -0.134. The predicted octanol–water partition coefficient (Wildman–Crippen LogP) is 4.35. The largest absolute Gasteiger partial charge is 0.340 e. The van der Waals surface area contributed by atoms with Gasteiger partial charge in [-0.15, -0.1) is 6.42 Å². The second-order valence-electron chi connectivity index (χ2n) is 9.48. The fourth-order valence-electron chi connectivity index (χ4n) is 4.85. The lowest BCUT2D eigenvalue weighted by Gasteiger charge is -2.30. The van der Waals surface area contributed by atoms with Crippen molar-refractivity contribution in [2.45, 2.75) is 49.9 Å². The van der Waals surface area contributed by atoms with Gasteiger partial charge in [-0.3, -0.25) is 14.4 Å². The van der Waals surface area contributed by atoms with Gasteiger partial charge in [0.15, 0.2) is 0 Å². The molecule has 1 spiro atoms. The van der Waals surface area contributed by atoms with Gasteiger partial charge in [0.25, 0.3) is 5.91 Å². The molecule has 3 atom stereocenters. The Morgan fingerprint density at radius 1 is 1.26 bits per heavy atom. The standard InChI is InChI=1S/C26H24Cl2FN3O3/c1-4-15-12-26(16-8-5-6-11-19(16)31-24(26)35)14-32(15)23(34)20(13-25(2,3)29)30-22(33)21-17(27)9-7-10-18(21)28/h1,5-11,15,20H,12-14H2,2-3H3,(H,30,33)(H,31,35)/t15?,20?,26-/m0/s1. The Hall–Kier alpha value is -3.08. The average Bonchev–Trinajstić information content (AvgIpc) is 3.30. The average molecular weight is 516 g/mol. The Morgan fingerprint density at radius 2 is 1.91 bits per heavy atom. The lowest BCUT2D eigenvalue weighted by Crippen LogP contribution is -2.52. The van der Waals surface area contributed by atoms with Gasteiger partial charge in [-0.2, -0.15) is 0 Å². The van der Waals surface area contributed by atoms with Crippen LogP contribution in [0.2, 0.25) is 10.0 Å². The molecule has 2 aromatic rings. The van der Waals surface area contributed by atoms with Crippen molar-refractivity contribution in [2.24, 2.45) is 0 Å². The molecule has 2 aromatic carbocycles. The minimum absolute atomic E-state index is 0.00941. The maximum absolute atomic E-state index is 14.8. The van der Waals surface area contributed by atoms with E-state index >= 15 is 0 Å². The van der Waals surface area contributed by atoms with Gasteiger partial charge in [-0.25, -0.2) is 4.39 Å². The highest BCUT2D eigenvalue weighted by atomic mass is 35.5. The number of para-hydroxylation sites is 1. The monoisotopic (exact) mass is 515 g/mol. The highest BCUT2D eigenvalue weighted by Gasteiger charge is 2.56. The van der Waals surface area contributed by atoms with Crippen LogP contribution in [0.25, 0.3) is 0 Å². The molecule has 4 rings (SSSR count). The molecular weight excluding hydrogens is 492 g/mol. The normalized spacial score (nSPS) is 21.9. The number of hydrogen-bond acceptors (Lipinski definition) is 3. The number of nitrogens with one attached hydrogen (secondary N) is 2. The van der Waals surface area contributed by atoms with E-state index in [1.807, 2.05) is 18.2 Å². The van der Waals surface area contributed by atoms with Gasteiger partial charge in [0, 0.05) is 18.7 Å². The van der Waals surface area contributed by atoms with Crippen molar-refractivity contribution in [3.63, 3.8) is 0 Å². The fourth-order valence-corrected chi connectivity index (χ4v) is 5.42. The molecule has 2 aliphatic rings. The molecule has 35 heavy (non-hydrogen) atoms. The van der Waals surface area contributed by atoms with E-state index in [1.165, 1.54) is 30.9 Å². The first-order valence-electron chi connectivity index (χ1n) is 11.1. The molecule has 182 valence electrons. The SMILES string of the molecule is C#CC1C[C@@]2(CN1C(=O)C(CC(C)(C)F)NC(=O)c1c(Cl)cccc1Cl)C(=O)Nc1ccccc12. The van der Waals surface area contributed by atoms with Crippen molar-refractivity contribution in [1.29, 1.82) is 0 Å². The summed E-state index contributed by atoms with van der Waals surface area (Å²) >= 11 is 12.3. The fraction of sp³-hybridized carbons (Fsp3) is 0.346. The van der Waals surface area contributed by atoms with E-state index in [4.69, 9.17) is 29.6 Å². The third-order valence-electron chi connectivity index (χ3n) is 6.44. The summed E-state index contributed by atoms with van der Waals surface area (Å²) in [6.07, 6.45) is 5.67. The van der Waals surface area contributed by atoms with Crippen molar-refractivity contribution in [1.82, 2.24) is 10.2 Å². The Morgan fingerprint density at radius 3 is 2.54 bits per heavy atom. The van der Waals surface area contributed by atoms with Crippen LogP contribution in [-0.4, -0.2) is 46.9 Å². The minimum atomic E-state index is -1.79. The molecule has 3 amide bonds. The van der Waals surface area contributed by atoms with Gasteiger partial charge >= 0.3 is 0 Å². The molecule has 9 heteroatoms. The molecule has 0 bridgehead atoms. The molecule has 0 aromatic heterocycles. The molecule has 2 aliphatic heterocycles. The highest BCUT2D eigenvalue weighted by molar-refractivity contribution is 6.39. The maximum atomic E-state index is 14.8. The number of likely N-dealkylation sites (tertiary alicyclic amines) is 1. The van der Waals surface area contributed by atoms with E-state index in [0.717, 1.165) is 5.56 Å². The molecule has 2 heterocycles. The number of hydrogen-bond donors (Lipinski definition) is 2. The predicted molar refractivity (Wildman–Crippen MR) is 133 cm³/mol. The van der Waals surface area contributed by atoms with Crippen molar-refractivity contribution >= 4 is 46.6 Å². The van der Waals surface area contributed by atoms with Crippen LogP contribution in [0.15, 0.2) is 42.5 Å². The van der Waals surface area contributed by atoms with Crippen molar-refractivity contribution in [3.8, 4) is 12.3 Å². The summed E-state index contributed by atoms with van der Waals surface area (Å²) in [4.78, 5) is 41.2. The van der Waals surface area contributed by atoms with Crippen molar-refractivity contribution in [2.75, 3.05) is 11.9 Å². The number of fused-ring (bicyclic) bond motifs is 2. The van der Waals surface area contributed by atoms with E-state index in [2.05, 4.69) is 16.6 Å². The molecule has 2 unspecified atom stereocenters. The van der Waals surface area contributed by atoms with Crippen LogP contribution in [0, 0.1) is 12.3 Å². The number of carbonyl (C=O) groups is 3. The third-order valence-corrected chi connectivity index (χ3v) is 7.07. The Kier molecular flexibility index (Phi) is 6.56. The highest BCUT2D eigenvalue weighted by Crippen LogP contribution is 2.46. The Bertz CT molecular complexity index is 1230. The van der Waals surface area contributed by atoms with Gasteiger partial charge in [-0.1, -0.05) is 53.4 Å². The van der Waals surface area contributed by atoms with Gasteiger partial charge in [0.1, 0.15) is 11.7 Å². The molecule has 0 aliphatic carbocycles. The van der Waals surface area contributed by atoms with Crippen molar-refractivity contribution in [3.05, 3.63) is 63.6 Å². The zero-order valence-electron chi connectivity index (χ0n) is 19.2. The first-order chi connectivity index (χ1) is 16.5. The Balaban J connectivity index is 1.66. The Labute approximate surface area is 213 Å². The summed E-state index contributed by atoms with van der Waals surface area (Å²) in [5, 5.41) is 5.65. The summed E-state index contributed by atoms with van der Waals surface area (Å²) in [5.74, 6) is 1.06. The van der Waals surface area contributed by atoms with Gasteiger partial charge in [-0.05, 0) is 44.0 Å². The molecule has 2 N–H and O–H groups in total. The summed E-state index contributed by atoms with van der Waals surface area (Å²) < 4.78 is 14.8. The van der Waals surface area contributed by atoms with Crippen LogP contribution in [-0.2, 0) is 15.0 Å². The number of alkyl halides is 1. The molecule has 1 saturated heterocycles. The first-order valence-corrected chi connectivity index (χ1v) is 11.8. The summed E-state index contributed by atoms with van der Waals surface area (Å²) in [5.41, 5.74) is -1.39. The zero-order valence-corrected chi connectivity index (χ0v) is 20.7. The van der Waals surface area contributed by atoms with Crippen LogP contribution in [0.5, 0.6) is 0 Å². The molecule has 0 saturated carbocycles. The quantitative estimate of drug-likeness (QED) is 0.580. The maximum Gasteiger partial charge on any atom is 0.254 e. The number of rotatable bonds is 5. The topological polar surface area (TPSA) is 78.5 Å². The van der Waals surface area contributed by atoms with Crippen LogP contribution < -0.4 is 10.6 Å². The summed E-state index contributed by atoms with van der Waals surface area (Å²) in [7, 11) is 0. The lowest BCUT2D eigenvalue weighted by atomic mass is 9.79. The number of anilines is 1. The zero-order chi connectivity index (χ0) is 25.5. The van der Waals surface area contributed by atoms with E-state index in [0.29, 0.717) is 5.69 Å². The second-order valence-corrected chi connectivity index (χ2v) is 10.3. The van der Waals surface area contributed by atoms with Crippen molar-refractivity contribution < 1.29 is 18.8 Å². The smallest absolute Gasteiger partial charge is 0.254 e. The van der Waals surface area contributed by atoms with E-state index in [-0.39, 0.29) is 40.9 Å².